The van der Waals surface area contributed by atoms with E-state index in [4.69, 9.17) is 9.47 Å². The van der Waals surface area contributed by atoms with Crippen LogP contribution in [0.1, 0.15) is 27.8 Å². The predicted octanol–water partition coefficient (Wildman–Crippen LogP) is 4.73. The topological polar surface area (TPSA) is 67.9 Å². The summed E-state index contributed by atoms with van der Waals surface area (Å²) < 4.78 is 10.8. The lowest BCUT2D eigenvalue weighted by atomic mass is 9.99. The maximum absolute atomic E-state index is 13.6. The van der Waals surface area contributed by atoms with Crippen molar-refractivity contribution in [3.05, 3.63) is 94.2 Å². The number of benzene rings is 3. The Balaban J connectivity index is 1.53. The van der Waals surface area contributed by atoms with Gasteiger partial charge >= 0.3 is 0 Å². The highest BCUT2D eigenvalue weighted by molar-refractivity contribution is 6.36. The Morgan fingerprint density at radius 3 is 2.45 bits per heavy atom. The van der Waals surface area contributed by atoms with Crippen molar-refractivity contribution in [1.82, 2.24) is 4.90 Å². The molecule has 0 aromatic heterocycles. The molecule has 0 saturated heterocycles. The molecule has 0 radical (unpaired) electrons. The Hall–Kier alpha value is -4.06. The summed E-state index contributed by atoms with van der Waals surface area (Å²) >= 11 is 0. The first-order chi connectivity index (χ1) is 15.9. The van der Waals surface area contributed by atoms with Crippen molar-refractivity contribution < 1.29 is 19.1 Å². The van der Waals surface area contributed by atoms with Gasteiger partial charge in [0.2, 0.25) is 6.79 Å². The maximum Gasteiger partial charge on any atom is 0.278 e. The van der Waals surface area contributed by atoms with Gasteiger partial charge in [-0.1, -0.05) is 36.4 Å². The third-order valence-electron chi connectivity index (χ3n) is 6.03. The molecule has 2 heterocycles. The maximum atomic E-state index is 13.6. The predicted molar refractivity (Wildman–Crippen MR) is 126 cm³/mol. The van der Waals surface area contributed by atoms with Crippen LogP contribution >= 0.6 is 0 Å². The summed E-state index contributed by atoms with van der Waals surface area (Å²) in [6.07, 6.45) is 0. The van der Waals surface area contributed by atoms with E-state index in [0.29, 0.717) is 17.1 Å². The van der Waals surface area contributed by atoms with Crippen LogP contribution in [-0.4, -0.2) is 23.5 Å². The monoisotopic (exact) mass is 440 g/mol. The van der Waals surface area contributed by atoms with E-state index in [1.165, 1.54) is 4.90 Å². The number of carbonyl (C=O) groups is 2. The lowest BCUT2D eigenvalue weighted by Crippen LogP contribution is -2.32. The zero-order chi connectivity index (χ0) is 23.1. The molecule has 0 bridgehead atoms. The minimum absolute atomic E-state index is 0.141. The molecule has 2 aliphatic rings. The average molecular weight is 440 g/mol. The summed E-state index contributed by atoms with van der Waals surface area (Å²) in [5, 5.41) is 3.22. The van der Waals surface area contributed by atoms with Crippen LogP contribution in [0.25, 0.3) is 5.57 Å². The van der Waals surface area contributed by atoms with Crippen LogP contribution < -0.4 is 14.8 Å². The molecule has 2 aliphatic heterocycles. The van der Waals surface area contributed by atoms with Crippen LogP contribution in [0, 0.1) is 20.8 Å². The van der Waals surface area contributed by atoms with Crippen molar-refractivity contribution in [2.24, 2.45) is 0 Å². The molecule has 2 amide bonds. The molecule has 166 valence electrons. The molecule has 0 aliphatic carbocycles. The molecule has 0 atom stereocenters. The number of nitrogens with one attached hydrogen (secondary N) is 1. The third-order valence-corrected chi connectivity index (χ3v) is 6.03. The second kappa shape index (κ2) is 8.13. The van der Waals surface area contributed by atoms with Gasteiger partial charge in [0, 0.05) is 5.69 Å². The van der Waals surface area contributed by atoms with E-state index in [-0.39, 0.29) is 30.8 Å². The molecule has 0 spiro atoms. The Kier molecular flexibility index (Phi) is 5.13. The normalized spacial score (nSPS) is 14.9. The number of carbonyl (C=O) groups excluding carboxylic acids is 2. The van der Waals surface area contributed by atoms with Gasteiger partial charge in [0.15, 0.2) is 11.5 Å². The number of nitrogens with zero attached hydrogens (tertiary/aromatic N) is 1. The van der Waals surface area contributed by atoms with Crippen molar-refractivity contribution in [1.29, 1.82) is 0 Å². The van der Waals surface area contributed by atoms with Gasteiger partial charge in [0.25, 0.3) is 11.8 Å². The summed E-state index contributed by atoms with van der Waals surface area (Å²) in [4.78, 5) is 28.4. The van der Waals surface area contributed by atoms with E-state index < -0.39 is 0 Å². The number of ether oxygens (including phenoxy) is 2. The fourth-order valence-corrected chi connectivity index (χ4v) is 4.09. The highest BCUT2D eigenvalue weighted by Crippen LogP contribution is 2.35. The number of amides is 2. The zero-order valence-electron chi connectivity index (χ0n) is 18.8. The SMILES string of the molecule is Cc1cccc(NC2=C(c3ccc(C)c(C)c3)C(=O)N(Cc3ccc4c(c3)OCO4)C2=O)c1. The van der Waals surface area contributed by atoms with Crippen molar-refractivity contribution >= 4 is 23.1 Å². The standard InChI is InChI=1S/C27H24N2O4/c1-16-5-4-6-21(11-16)28-25-24(20-9-7-17(2)18(3)12-20)26(30)29(27(25)31)14-19-8-10-22-23(13-19)33-15-32-22/h4-13,28H,14-15H2,1-3H3. The molecular weight excluding hydrogens is 416 g/mol. The summed E-state index contributed by atoms with van der Waals surface area (Å²) in [6, 6.07) is 19.0. The molecule has 6 nitrogen and oxygen atoms in total. The number of hydrogen-bond acceptors (Lipinski definition) is 5. The second-order valence-electron chi connectivity index (χ2n) is 8.43. The Morgan fingerprint density at radius 1 is 0.848 bits per heavy atom. The quantitative estimate of drug-likeness (QED) is 0.581. The van der Waals surface area contributed by atoms with E-state index in [2.05, 4.69) is 5.32 Å². The lowest BCUT2D eigenvalue weighted by Gasteiger charge is -2.16. The first-order valence-corrected chi connectivity index (χ1v) is 10.8. The fraction of sp³-hybridized carbons (Fsp3) is 0.185. The first kappa shape index (κ1) is 20.8. The van der Waals surface area contributed by atoms with Gasteiger partial charge in [0.05, 0.1) is 12.1 Å². The molecule has 0 unspecified atom stereocenters. The summed E-state index contributed by atoms with van der Waals surface area (Å²) in [6.45, 7) is 6.31. The molecular formula is C27H24N2O4. The minimum Gasteiger partial charge on any atom is -0.454 e. The third kappa shape index (κ3) is 3.84. The molecule has 5 rings (SSSR count). The van der Waals surface area contributed by atoms with Gasteiger partial charge in [-0.05, 0) is 72.9 Å². The van der Waals surface area contributed by atoms with E-state index in [0.717, 1.165) is 33.5 Å². The van der Waals surface area contributed by atoms with Crippen LogP contribution in [0.15, 0.2) is 66.4 Å². The Bertz CT molecular complexity index is 1330. The Labute approximate surface area is 192 Å². The Morgan fingerprint density at radius 2 is 1.67 bits per heavy atom. The van der Waals surface area contributed by atoms with Gasteiger partial charge in [-0.25, -0.2) is 0 Å². The van der Waals surface area contributed by atoms with Gasteiger partial charge in [0.1, 0.15) is 5.70 Å². The largest absolute Gasteiger partial charge is 0.454 e. The second-order valence-corrected chi connectivity index (χ2v) is 8.43. The number of anilines is 1. The van der Waals surface area contributed by atoms with Crippen molar-refractivity contribution in [2.75, 3.05) is 12.1 Å². The summed E-state index contributed by atoms with van der Waals surface area (Å²) in [7, 11) is 0. The van der Waals surface area contributed by atoms with Crippen LogP contribution in [0.4, 0.5) is 5.69 Å². The van der Waals surface area contributed by atoms with E-state index in [1.807, 2.05) is 75.4 Å². The number of imide groups is 1. The molecule has 3 aromatic rings. The van der Waals surface area contributed by atoms with Gasteiger partial charge in [-0.2, -0.15) is 0 Å². The number of rotatable bonds is 5. The van der Waals surface area contributed by atoms with Crippen LogP contribution in [-0.2, 0) is 16.1 Å². The van der Waals surface area contributed by atoms with Crippen LogP contribution in [0.2, 0.25) is 0 Å². The molecule has 1 N–H and O–H groups in total. The summed E-state index contributed by atoms with van der Waals surface area (Å²) in [5.41, 5.74) is 6.18. The zero-order valence-corrected chi connectivity index (χ0v) is 18.8. The fourth-order valence-electron chi connectivity index (χ4n) is 4.09. The number of fused-ring (bicyclic) bond motifs is 1. The van der Waals surface area contributed by atoms with Crippen LogP contribution in [0.3, 0.4) is 0 Å². The van der Waals surface area contributed by atoms with Crippen molar-refractivity contribution in [3.63, 3.8) is 0 Å². The van der Waals surface area contributed by atoms with Gasteiger partial charge < -0.3 is 14.8 Å². The van der Waals surface area contributed by atoms with Crippen molar-refractivity contribution in [2.45, 2.75) is 27.3 Å². The van der Waals surface area contributed by atoms with E-state index in [9.17, 15) is 9.59 Å². The summed E-state index contributed by atoms with van der Waals surface area (Å²) in [5.74, 6) is 0.601. The number of hydrogen-bond donors (Lipinski definition) is 1. The van der Waals surface area contributed by atoms with Gasteiger partial charge in [-0.15, -0.1) is 0 Å². The lowest BCUT2D eigenvalue weighted by molar-refractivity contribution is -0.137. The molecule has 0 saturated carbocycles. The molecule has 6 heteroatoms. The first-order valence-electron chi connectivity index (χ1n) is 10.8. The highest BCUT2D eigenvalue weighted by atomic mass is 16.7. The molecule has 3 aromatic carbocycles. The molecule has 33 heavy (non-hydrogen) atoms. The number of aryl methyl sites for hydroxylation is 3. The minimum atomic E-state index is -0.354. The van der Waals surface area contributed by atoms with Crippen LogP contribution in [0.5, 0.6) is 11.5 Å². The average Bonchev–Trinajstić information content (AvgIpc) is 3.34. The van der Waals surface area contributed by atoms with E-state index >= 15 is 0 Å². The van der Waals surface area contributed by atoms with Crippen molar-refractivity contribution in [3.8, 4) is 11.5 Å². The smallest absolute Gasteiger partial charge is 0.278 e. The van der Waals surface area contributed by atoms with E-state index in [1.54, 1.807) is 6.07 Å². The molecule has 0 fully saturated rings. The van der Waals surface area contributed by atoms with Gasteiger partial charge in [-0.3, -0.25) is 14.5 Å². The highest BCUT2D eigenvalue weighted by Gasteiger charge is 2.39.